The number of benzene rings is 1. The van der Waals surface area contributed by atoms with Gasteiger partial charge in [-0.2, -0.15) is 0 Å². The van der Waals surface area contributed by atoms with E-state index in [1.165, 1.54) is 24.6 Å². The molecule has 3 N–H and O–H groups in total. The number of carbonyl (C=O) groups is 1. The molecule has 17 heavy (non-hydrogen) atoms. The number of hydrogen-bond donors (Lipinski definition) is 2. The van der Waals surface area contributed by atoms with E-state index < -0.39 is 5.82 Å². The summed E-state index contributed by atoms with van der Waals surface area (Å²) in [6, 6.07) is 4.15. The molecule has 1 aromatic carbocycles. The van der Waals surface area contributed by atoms with Crippen molar-refractivity contribution in [3.05, 3.63) is 29.6 Å². The van der Waals surface area contributed by atoms with Crippen LogP contribution in [0.15, 0.2) is 18.2 Å². The summed E-state index contributed by atoms with van der Waals surface area (Å²) in [7, 11) is 0. The van der Waals surface area contributed by atoms with E-state index in [0.29, 0.717) is 5.56 Å². The highest BCUT2D eigenvalue weighted by Gasteiger charge is 2.17. The molecule has 0 spiro atoms. The highest BCUT2D eigenvalue weighted by Crippen LogP contribution is 2.18. The lowest BCUT2D eigenvalue weighted by Gasteiger charge is -2.22. The summed E-state index contributed by atoms with van der Waals surface area (Å²) in [6.07, 6.45) is 5.55. The zero-order valence-electron chi connectivity index (χ0n) is 9.71. The smallest absolute Gasteiger partial charge is 0.251 e. The number of nitrogens with one attached hydrogen (secondary N) is 1. The van der Waals surface area contributed by atoms with Crippen molar-refractivity contribution in [1.82, 2.24) is 5.32 Å². The van der Waals surface area contributed by atoms with Crippen molar-refractivity contribution < 1.29 is 9.18 Å². The largest absolute Gasteiger partial charge is 0.399 e. The van der Waals surface area contributed by atoms with Crippen molar-refractivity contribution in [2.75, 3.05) is 5.73 Å². The number of amides is 1. The first kappa shape index (κ1) is 11.9. The van der Waals surface area contributed by atoms with Gasteiger partial charge in [-0.05, 0) is 31.0 Å². The van der Waals surface area contributed by atoms with E-state index in [1.54, 1.807) is 0 Å². The van der Waals surface area contributed by atoms with Gasteiger partial charge < -0.3 is 11.1 Å². The zero-order valence-corrected chi connectivity index (χ0v) is 9.71. The van der Waals surface area contributed by atoms with Crippen LogP contribution in [0.2, 0.25) is 0 Å². The lowest BCUT2D eigenvalue weighted by molar-refractivity contribution is 0.0927. The van der Waals surface area contributed by atoms with E-state index in [1.807, 2.05) is 0 Å². The molecule has 4 heteroatoms. The van der Waals surface area contributed by atoms with E-state index in [2.05, 4.69) is 5.32 Å². The van der Waals surface area contributed by atoms with Gasteiger partial charge in [0.05, 0.1) is 0 Å². The Bertz CT molecular complexity index is 394. The summed E-state index contributed by atoms with van der Waals surface area (Å²) < 4.78 is 13.1. The van der Waals surface area contributed by atoms with Gasteiger partial charge >= 0.3 is 0 Å². The quantitative estimate of drug-likeness (QED) is 0.775. The minimum Gasteiger partial charge on any atom is -0.399 e. The molecule has 0 heterocycles. The number of hydrogen-bond acceptors (Lipinski definition) is 2. The van der Waals surface area contributed by atoms with Gasteiger partial charge in [0.2, 0.25) is 0 Å². The van der Waals surface area contributed by atoms with Crippen molar-refractivity contribution >= 4 is 11.6 Å². The fraction of sp³-hybridized carbons (Fsp3) is 0.462. The van der Waals surface area contributed by atoms with Gasteiger partial charge in [0.25, 0.3) is 5.91 Å². The third kappa shape index (κ3) is 3.19. The predicted molar refractivity (Wildman–Crippen MR) is 65.2 cm³/mol. The molecule has 3 nitrogen and oxygen atoms in total. The van der Waals surface area contributed by atoms with Crippen LogP contribution in [0.1, 0.15) is 42.5 Å². The molecule has 0 aliphatic heterocycles. The topological polar surface area (TPSA) is 55.1 Å². The number of rotatable bonds is 2. The van der Waals surface area contributed by atoms with Gasteiger partial charge in [0.1, 0.15) is 5.82 Å². The van der Waals surface area contributed by atoms with Gasteiger partial charge in [0, 0.05) is 17.3 Å². The summed E-state index contributed by atoms with van der Waals surface area (Å²) in [5.74, 6) is -0.707. The van der Waals surface area contributed by atoms with Crippen LogP contribution in [-0.2, 0) is 0 Å². The molecule has 0 unspecified atom stereocenters. The van der Waals surface area contributed by atoms with E-state index in [-0.39, 0.29) is 17.6 Å². The molecule has 92 valence electrons. The molecule has 1 amide bonds. The van der Waals surface area contributed by atoms with E-state index in [4.69, 9.17) is 5.73 Å². The van der Waals surface area contributed by atoms with Gasteiger partial charge in [-0.1, -0.05) is 19.3 Å². The van der Waals surface area contributed by atoms with Crippen LogP contribution < -0.4 is 11.1 Å². The molecular weight excluding hydrogens is 219 g/mol. The lowest BCUT2D eigenvalue weighted by atomic mass is 9.95. The van der Waals surface area contributed by atoms with E-state index in [0.717, 1.165) is 25.7 Å². The van der Waals surface area contributed by atoms with Crippen molar-refractivity contribution in [3.8, 4) is 0 Å². The number of anilines is 1. The summed E-state index contributed by atoms with van der Waals surface area (Å²) in [5, 5.41) is 2.93. The lowest BCUT2D eigenvalue weighted by Crippen LogP contribution is -2.36. The highest BCUT2D eigenvalue weighted by atomic mass is 19.1. The van der Waals surface area contributed by atoms with Crippen LogP contribution in [0, 0.1) is 5.82 Å². The van der Waals surface area contributed by atoms with Gasteiger partial charge in [-0.25, -0.2) is 4.39 Å². The molecule has 1 aromatic rings. The zero-order chi connectivity index (χ0) is 12.3. The fourth-order valence-electron chi connectivity index (χ4n) is 2.26. The Morgan fingerprint density at radius 3 is 2.59 bits per heavy atom. The first-order valence-corrected chi connectivity index (χ1v) is 6.02. The molecule has 0 saturated heterocycles. The van der Waals surface area contributed by atoms with Crippen LogP contribution >= 0.6 is 0 Å². The molecule has 1 saturated carbocycles. The number of nitrogens with two attached hydrogens (primary N) is 1. The van der Waals surface area contributed by atoms with Gasteiger partial charge in [-0.3, -0.25) is 4.79 Å². The fourth-order valence-corrected chi connectivity index (χ4v) is 2.26. The second-order valence-electron chi connectivity index (χ2n) is 4.58. The van der Waals surface area contributed by atoms with Crippen molar-refractivity contribution in [2.24, 2.45) is 0 Å². The number of carbonyl (C=O) groups excluding carboxylic acids is 1. The molecule has 0 atom stereocenters. The molecular formula is C13H17FN2O. The second-order valence-corrected chi connectivity index (χ2v) is 4.58. The minimum atomic E-state index is -0.473. The summed E-state index contributed by atoms with van der Waals surface area (Å²) >= 11 is 0. The Labute approximate surface area is 100 Å². The Morgan fingerprint density at radius 1 is 1.24 bits per heavy atom. The Morgan fingerprint density at radius 2 is 1.94 bits per heavy atom. The molecule has 1 aliphatic rings. The molecule has 0 bridgehead atoms. The van der Waals surface area contributed by atoms with Crippen LogP contribution in [0.4, 0.5) is 10.1 Å². The monoisotopic (exact) mass is 236 g/mol. The van der Waals surface area contributed by atoms with Crippen LogP contribution in [0.3, 0.4) is 0 Å². The third-order valence-electron chi connectivity index (χ3n) is 3.12. The van der Waals surface area contributed by atoms with E-state index >= 15 is 0 Å². The number of halogens is 1. The van der Waals surface area contributed by atoms with Crippen molar-refractivity contribution in [2.45, 2.75) is 38.1 Å². The Balaban J connectivity index is 2.03. The first-order chi connectivity index (χ1) is 8.15. The van der Waals surface area contributed by atoms with Crippen LogP contribution in [0.5, 0.6) is 0 Å². The minimum absolute atomic E-state index is 0.223. The van der Waals surface area contributed by atoms with Crippen molar-refractivity contribution in [3.63, 3.8) is 0 Å². The maximum Gasteiger partial charge on any atom is 0.251 e. The SMILES string of the molecule is Nc1cc(F)cc(C(=O)NC2CCCCC2)c1. The standard InChI is InChI=1S/C13H17FN2O/c14-10-6-9(7-11(15)8-10)13(17)16-12-4-2-1-3-5-12/h6-8,12H,1-5,15H2,(H,16,17). The maximum absolute atomic E-state index is 13.1. The second kappa shape index (κ2) is 5.17. The van der Waals surface area contributed by atoms with Gasteiger partial charge in [0.15, 0.2) is 0 Å². The average Bonchev–Trinajstić information content (AvgIpc) is 2.29. The summed E-state index contributed by atoms with van der Waals surface area (Å²) in [5.41, 5.74) is 6.09. The molecule has 1 fully saturated rings. The Kier molecular flexibility index (Phi) is 3.61. The summed E-state index contributed by atoms with van der Waals surface area (Å²) in [6.45, 7) is 0. The normalized spacial score (nSPS) is 16.8. The maximum atomic E-state index is 13.1. The molecule has 1 aliphatic carbocycles. The molecule has 0 radical (unpaired) electrons. The molecule has 2 rings (SSSR count). The summed E-state index contributed by atoms with van der Waals surface area (Å²) in [4.78, 5) is 11.9. The molecule has 0 aromatic heterocycles. The number of nitrogen functional groups attached to an aromatic ring is 1. The third-order valence-corrected chi connectivity index (χ3v) is 3.12. The Hall–Kier alpha value is -1.58. The van der Waals surface area contributed by atoms with Crippen LogP contribution in [-0.4, -0.2) is 11.9 Å². The van der Waals surface area contributed by atoms with Gasteiger partial charge in [-0.15, -0.1) is 0 Å². The van der Waals surface area contributed by atoms with E-state index in [9.17, 15) is 9.18 Å². The predicted octanol–water partition coefficient (Wildman–Crippen LogP) is 2.47. The van der Waals surface area contributed by atoms with Crippen molar-refractivity contribution in [1.29, 1.82) is 0 Å². The van der Waals surface area contributed by atoms with Crippen LogP contribution in [0.25, 0.3) is 0 Å². The first-order valence-electron chi connectivity index (χ1n) is 6.02. The average molecular weight is 236 g/mol. The highest BCUT2D eigenvalue weighted by molar-refractivity contribution is 5.95.